The lowest BCUT2D eigenvalue weighted by molar-refractivity contribution is 0.282. The van der Waals surface area contributed by atoms with Crippen LogP contribution in [0.3, 0.4) is 0 Å². The SMILES string of the molecule is Cc1nc2c(-c3cc(F)c(N(C)C)cc3Cl)ccnc2n(CCC2CCC2)c1=O. The monoisotopic (exact) mass is 414 g/mol. The number of hydrogen-bond acceptors (Lipinski definition) is 4. The van der Waals surface area contributed by atoms with Crippen molar-refractivity contribution in [2.45, 2.75) is 39.2 Å². The van der Waals surface area contributed by atoms with E-state index in [9.17, 15) is 9.18 Å². The number of rotatable bonds is 5. The van der Waals surface area contributed by atoms with Crippen LogP contribution in [0.2, 0.25) is 5.02 Å². The third-order valence-electron chi connectivity index (χ3n) is 5.79. The van der Waals surface area contributed by atoms with E-state index in [0.717, 1.165) is 6.42 Å². The molecule has 1 saturated carbocycles. The quantitative estimate of drug-likeness (QED) is 0.600. The maximum absolute atomic E-state index is 14.7. The number of halogens is 2. The summed E-state index contributed by atoms with van der Waals surface area (Å²) in [6.45, 7) is 2.32. The molecule has 0 amide bonds. The van der Waals surface area contributed by atoms with Gasteiger partial charge in [0.25, 0.3) is 5.56 Å². The van der Waals surface area contributed by atoms with Crippen LogP contribution in [-0.4, -0.2) is 28.6 Å². The Bertz CT molecular complexity index is 1140. The van der Waals surface area contributed by atoms with E-state index in [0.29, 0.717) is 51.2 Å². The van der Waals surface area contributed by atoms with Crippen LogP contribution >= 0.6 is 11.6 Å². The van der Waals surface area contributed by atoms with Crippen molar-refractivity contribution in [1.29, 1.82) is 0 Å². The Labute approximate surface area is 174 Å². The van der Waals surface area contributed by atoms with Crippen molar-refractivity contribution in [3.63, 3.8) is 0 Å². The van der Waals surface area contributed by atoms with Crippen LogP contribution in [0, 0.1) is 18.7 Å². The number of pyridine rings is 1. The van der Waals surface area contributed by atoms with Gasteiger partial charge in [0.15, 0.2) is 5.65 Å². The molecule has 1 aliphatic rings. The molecule has 29 heavy (non-hydrogen) atoms. The number of fused-ring (bicyclic) bond motifs is 1. The summed E-state index contributed by atoms with van der Waals surface area (Å²) in [4.78, 5) is 23.4. The first kappa shape index (κ1) is 19.8. The Hall–Kier alpha value is -2.47. The van der Waals surface area contributed by atoms with Gasteiger partial charge in [0, 0.05) is 38.0 Å². The molecule has 152 valence electrons. The summed E-state index contributed by atoms with van der Waals surface area (Å²) < 4.78 is 16.4. The first-order valence-electron chi connectivity index (χ1n) is 9.89. The fourth-order valence-corrected chi connectivity index (χ4v) is 4.12. The smallest absolute Gasteiger partial charge is 0.273 e. The predicted octanol–water partition coefficient (Wildman–Crippen LogP) is 4.82. The second-order valence-corrected chi connectivity index (χ2v) is 8.36. The lowest BCUT2D eigenvalue weighted by Crippen LogP contribution is -2.27. The molecule has 0 N–H and O–H groups in total. The van der Waals surface area contributed by atoms with E-state index in [-0.39, 0.29) is 11.4 Å². The van der Waals surface area contributed by atoms with Crippen LogP contribution in [0.1, 0.15) is 31.4 Å². The number of nitrogens with zero attached hydrogens (tertiary/aromatic N) is 4. The van der Waals surface area contributed by atoms with Crippen LogP contribution in [0.5, 0.6) is 0 Å². The van der Waals surface area contributed by atoms with Crippen molar-refractivity contribution in [3.8, 4) is 11.1 Å². The van der Waals surface area contributed by atoms with Crippen LogP contribution in [0.4, 0.5) is 10.1 Å². The third-order valence-corrected chi connectivity index (χ3v) is 6.10. The van der Waals surface area contributed by atoms with E-state index in [1.54, 1.807) is 48.8 Å². The van der Waals surface area contributed by atoms with E-state index in [1.165, 1.54) is 25.3 Å². The van der Waals surface area contributed by atoms with E-state index in [4.69, 9.17) is 11.6 Å². The fraction of sp³-hybridized carbons (Fsp3) is 0.409. The summed E-state index contributed by atoms with van der Waals surface area (Å²) in [6, 6.07) is 4.80. The molecule has 5 nitrogen and oxygen atoms in total. The minimum Gasteiger partial charge on any atom is -0.375 e. The highest BCUT2D eigenvalue weighted by atomic mass is 35.5. The zero-order valence-corrected chi connectivity index (χ0v) is 17.6. The molecule has 0 saturated heterocycles. The van der Waals surface area contributed by atoms with E-state index < -0.39 is 0 Å². The average Bonchev–Trinajstić information content (AvgIpc) is 2.64. The molecule has 0 radical (unpaired) electrons. The molecule has 0 spiro atoms. The van der Waals surface area contributed by atoms with Gasteiger partial charge in [-0.25, -0.2) is 14.4 Å². The van der Waals surface area contributed by atoms with Crippen LogP contribution < -0.4 is 10.5 Å². The Balaban J connectivity index is 1.87. The maximum atomic E-state index is 14.7. The van der Waals surface area contributed by atoms with Gasteiger partial charge in [-0.1, -0.05) is 30.9 Å². The predicted molar refractivity (Wildman–Crippen MR) is 115 cm³/mol. The number of anilines is 1. The van der Waals surface area contributed by atoms with E-state index in [2.05, 4.69) is 9.97 Å². The second-order valence-electron chi connectivity index (χ2n) is 7.95. The second kappa shape index (κ2) is 7.75. The van der Waals surface area contributed by atoms with E-state index in [1.807, 2.05) is 0 Å². The minimum atomic E-state index is -0.366. The summed E-state index contributed by atoms with van der Waals surface area (Å²) in [6.07, 6.45) is 6.30. The van der Waals surface area contributed by atoms with Gasteiger partial charge < -0.3 is 4.90 Å². The van der Waals surface area contributed by atoms with Gasteiger partial charge in [0.2, 0.25) is 0 Å². The molecule has 1 aliphatic carbocycles. The zero-order valence-electron chi connectivity index (χ0n) is 16.9. The normalized spacial score (nSPS) is 14.2. The van der Waals surface area contributed by atoms with Gasteiger partial charge >= 0.3 is 0 Å². The van der Waals surface area contributed by atoms with Gasteiger partial charge in [0.05, 0.1) is 10.7 Å². The molecule has 1 aromatic carbocycles. The van der Waals surface area contributed by atoms with Gasteiger partial charge in [-0.3, -0.25) is 9.36 Å². The van der Waals surface area contributed by atoms with Crippen LogP contribution in [0.15, 0.2) is 29.2 Å². The fourth-order valence-electron chi connectivity index (χ4n) is 3.86. The summed E-state index contributed by atoms with van der Waals surface area (Å²) >= 11 is 6.51. The summed E-state index contributed by atoms with van der Waals surface area (Å²) in [7, 11) is 3.53. The number of aromatic nitrogens is 3. The largest absolute Gasteiger partial charge is 0.375 e. The zero-order chi connectivity index (χ0) is 20.7. The van der Waals surface area contributed by atoms with Crippen molar-refractivity contribution in [2.75, 3.05) is 19.0 Å². The third kappa shape index (κ3) is 3.62. The molecule has 2 heterocycles. The van der Waals surface area contributed by atoms with Crippen molar-refractivity contribution in [1.82, 2.24) is 14.5 Å². The topological polar surface area (TPSA) is 51.0 Å². The molecule has 4 rings (SSSR count). The minimum absolute atomic E-state index is 0.123. The maximum Gasteiger partial charge on any atom is 0.273 e. The summed E-state index contributed by atoms with van der Waals surface area (Å²) in [5, 5.41) is 0.425. The first-order valence-corrected chi connectivity index (χ1v) is 10.3. The summed E-state index contributed by atoms with van der Waals surface area (Å²) in [5.74, 6) is 0.310. The van der Waals surface area contributed by atoms with Crippen LogP contribution in [-0.2, 0) is 6.54 Å². The molecule has 7 heteroatoms. The van der Waals surface area contributed by atoms with Crippen molar-refractivity contribution in [3.05, 3.63) is 51.3 Å². The molecule has 0 unspecified atom stereocenters. The van der Waals surface area contributed by atoms with Gasteiger partial charge in [-0.05, 0) is 37.5 Å². The summed E-state index contributed by atoms with van der Waals surface area (Å²) in [5.41, 5.74) is 2.99. The Morgan fingerprint density at radius 1 is 1.28 bits per heavy atom. The van der Waals surface area contributed by atoms with Crippen molar-refractivity contribution < 1.29 is 4.39 Å². The lowest BCUT2D eigenvalue weighted by Gasteiger charge is -2.25. The van der Waals surface area contributed by atoms with Gasteiger partial charge in [-0.15, -0.1) is 0 Å². The molecule has 2 aromatic heterocycles. The Morgan fingerprint density at radius 2 is 2.03 bits per heavy atom. The lowest BCUT2D eigenvalue weighted by atomic mass is 9.83. The standard InChI is InChI=1S/C22H24ClFN4O/c1-13-22(29)28(10-8-14-5-4-6-14)21-20(26-13)15(7-9-25-21)16-11-18(24)19(27(2)3)12-17(16)23/h7,9,11-12,14H,4-6,8,10H2,1-3H3. The highest BCUT2D eigenvalue weighted by Gasteiger charge is 2.20. The van der Waals surface area contributed by atoms with E-state index >= 15 is 0 Å². The van der Waals surface area contributed by atoms with Crippen molar-refractivity contribution in [2.24, 2.45) is 5.92 Å². The first-order chi connectivity index (χ1) is 13.9. The van der Waals surface area contributed by atoms with Gasteiger partial charge in [0.1, 0.15) is 17.0 Å². The number of benzene rings is 1. The molecule has 0 aliphatic heterocycles. The molecule has 3 aromatic rings. The molecule has 0 bridgehead atoms. The van der Waals surface area contributed by atoms with Crippen LogP contribution in [0.25, 0.3) is 22.3 Å². The number of hydrogen-bond donors (Lipinski definition) is 0. The van der Waals surface area contributed by atoms with Gasteiger partial charge in [-0.2, -0.15) is 0 Å². The number of aryl methyl sites for hydroxylation is 2. The molecule has 0 atom stereocenters. The Morgan fingerprint density at radius 3 is 2.69 bits per heavy atom. The Kier molecular flexibility index (Phi) is 5.30. The molecular weight excluding hydrogens is 391 g/mol. The average molecular weight is 415 g/mol. The molecular formula is C22H24ClFN4O. The highest BCUT2D eigenvalue weighted by molar-refractivity contribution is 6.34. The highest BCUT2D eigenvalue weighted by Crippen LogP contribution is 2.36. The molecule has 1 fully saturated rings. The van der Waals surface area contributed by atoms with Crippen molar-refractivity contribution >= 4 is 28.5 Å².